The Morgan fingerprint density at radius 3 is 2.11 bits per heavy atom. The summed E-state index contributed by atoms with van der Waals surface area (Å²) < 4.78 is 42.8. The molecule has 0 saturated heterocycles. The quantitative estimate of drug-likeness (QED) is 0.388. The Hall–Kier alpha value is -2.47. The summed E-state index contributed by atoms with van der Waals surface area (Å²) in [7, 11) is 0. The van der Waals surface area contributed by atoms with Crippen LogP contribution in [0.4, 0.5) is 13.2 Å². The molecule has 0 unspecified atom stereocenters. The van der Waals surface area contributed by atoms with E-state index in [1.165, 1.54) is 18.5 Å². The smallest absolute Gasteiger partial charge is 0.417 e. The molecule has 1 heterocycles. The van der Waals surface area contributed by atoms with Crippen molar-refractivity contribution in [3.05, 3.63) is 83.3 Å². The number of rotatable bonds is 4. The van der Waals surface area contributed by atoms with Crippen molar-refractivity contribution in [1.29, 1.82) is 0 Å². The molecule has 1 aromatic heterocycles. The molecule has 2 nitrogen and oxygen atoms in total. The lowest BCUT2D eigenvalue weighted by Crippen LogP contribution is -2.23. The lowest BCUT2D eigenvalue weighted by atomic mass is 9.88. The Labute approximate surface area is 160 Å². The molecule has 0 saturated carbocycles. The summed E-state index contributed by atoms with van der Waals surface area (Å²) in [5, 5.41) is 11.3. The SMILES string of the molecule is CC(C)c1c(-c2cc[n+]([O-])cc2)ccc(Sc2ccccc2)c1C(F)(F)F. The average Bonchev–Trinajstić information content (AvgIpc) is 2.62. The lowest BCUT2D eigenvalue weighted by molar-refractivity contribution is -0.605. The van der Waals surface area contributed by atoms with Crippen molar-refractivity contribution < 1.29 is 17.9 Å². The summed E-state index contributed by atoms with van der Waals surface area (Å²) >= 11 is 1.10. The molecule has 3 rings (SSSR count). The molecule has 0 spiro atoms. The monoisotopic (exact) mass is 389 g/mol. The van der Waals surface area contributed by atoms with Gasteiger partial charge in [0.25, 0.3) is 0 Å². The highest BCUT2D eigenvalue weighted by atomic mass is 32.2. The predicted molar refractivity (Wildman–Crippen MR) is 100 cm³/mol. The van der Waals surface area contributed by atoms with Gasteiger partial charge in [0.15, 0.2) is 12.4 Å². The van der Waals surface area contributed by atoms with Gasteiger partial charge >= 0.3 is 6.18 Å². The van der Waals surface area contributed by atoms with E-state index in [0.29, 0.717) is 15.9 Å². The fourth-order valence-corrected chi connectivity index (χ4v) is 4.05. The molecule has 0 amide bonds. The first kappa shape index (κ1) is 19.3. The van der Waals surface area contributed by atoms with Crippen LogP contribution in [-0.2, 0) is 6.18 Å². The van der Waals surface area contributed by atoms with Crippen molar-refractivity contribution in [3.63, 3.8) is 0 Å². The minimum absolute atomic E-state index is 0.177. The molecule has 0 atom stereocenters. The van der Waals surface area contributed by atoms with Gasteiger partial charge in [-0.2, -0.15) is 17.9 Å². The van der Waals surface area contributed by atoms with Gasteiger partial charge < -0.3 is 5.21 Å². The van der Waals surface area contributed by atoms with E-state index in [4.69, 9.17) is 0 Å². The van der Waals surface area contributed by atoms with Crippen molar-refractivity contribution in [2.75, 3.05) is 0 Å². The minimum atomic E-state index is -4.49. The molecule has 0 fully saturated rings. The predicted octanol–water partition coefficient (Wildman–Crippen LogP) is 6.28. The van der Waals surface area contributed by atoms with E-state index in [-0.39, 0.29) is 16.4 Å². The average molecular weight is 389 g/mol. The van der Waals surface area contributed by atoms with Crippen LogP contribution in [0, 0.1) is 5.21 Å². The minimum Gasteiger partial charge on any atom is -0.619 e. The Kier molecular flexibility index (Phi) is 5.46. The van der Waals surface area contributed by atoms with Crippen LogP contribution in [0.25, 0.3) is 11.1 Å². The maximum Gasteiger partial charge on any atom is 0.417 e. The number of alkyl halides is 3. The van der Waals surface area contributed by atoms with E-state index >= 15 is 0 Å². The van der Waals surface area contributed by atoms with Gasteiger partial charge in [-0.15, -0.1) is 0 Å². The maximum atomic E-state index is 14.1. The molecule has 3 aromatic rings. The van der Waals surface area contributed by atoms with Crippen molar-refractivity contribution in [2.24, 2.45) is 0 Å². The first-order chi connectivity index (χ1) is 12.8. The van der Waals surface area contributed by atoms with Gasteiger partial charge in [0.2, 0.25) is 0 Å². The zero-order valence-corrected chi connectivity index (χ0v) is 15.6. The molecule has 140 valence electrons. The highest BCUT2D eigenvalue weighted by molar-refractivity contribution is 7.99. The zero-order chi connectivity index (χ0) is 19.6. The first-order valence-corrected chi connectivity index (χ1v) is 9.25. The molecular formula is C21H18F3NOS. The molecule has 0 bridgehead atoms. The summed E-state index contributed by atoms with van der Waals surface area (Å²) in [5.41, 5.74) is 0.720. The van der Waals surface area contributed by atoms with E-state index in [1.807, 2.05) is 6.07 Å². The standard InChI is InChI=1S/C21H18F3NOS/c1-14(2)19-17(15-10-12-25(26)13-11-15)8-9-18(20(19)21(22,23)24)27-16-6-4-3-5-7-16/h3-14H,1-2H3. The highest BCUT2D eigenvalue weighted by Gasteiger charge is 2.38. The van der Waals surface area contributed by atoms with E-state index in [9.17, 15) is 18.4 Å². The van der Waals surface area contributed by atoms with E-state index < -0.39 is 11.7 Å². The van der Waals surface area contributed by atoms with Gasteiger partial charge in [0.05, 0.1) is 5.56 Å². The van der Waals surface area contributed by atoms with Crippen LogP contribution in [0.2, 0.25) is 0 Å². The second kappa shape index (κ2) is 7.64. The molecule has 0 N–H and O–H groups in total. The summed E-state index contributed by atoms with van der Waals surface area (Å²) in [5.74, 6) is -0.340. The molecule has 2 aromatic carbocycles. The normalized spacial score (nSPS) is 11.8. The summed E-state index contributed by atoms with van der Waals surface area (Å²) in [6.45, 7) is 3.50. The Morgan fingerprint density at radius 1 is 0.926 bits per heavy atom. The van der Waals surface area contributed by atoms with Gasteiger partial charge in [-0.05, 0) is 40.8 Å². The molecule has 0 radical (unpaired) electrons. The van der Waals surface area contributed by atoms with Crippen molar-refractivity contribution in [2.45, 2.75) is 35.7 Å². The van der Waals surface area contributed by atoms with Gasteiger partial charge in [0, 0.05) is 21.9 Å². The van der Waals surface area contributed by atoms with Crippen molar-refractivity contribution in [3.8, 4) is 11.1 Å². The van der Waals surface area contributed by atoms with Gasteiger partial charge in [-0.1, -0.05) is 49.9 Å². The van der Waals surface area contributed by atoms with Gasteiger partial charge in [-0.3, -0.25) is 0 Å². The van der Waals surface area contributed by atoms with Gasteiger partial charge in [0.1, 0.15) is 0 Å². The van der Waals surface area contributed by atoms with Crippen LogP contribution in [0.5, 0.6) is 0 Å². The van der Waals surface area contributed by atoms with Crippen molar-refractivity contribution in [1.82, 2.24) is 0 Å². The molecule has 27 heavy (non-hydrogen) atoms. The summed E-state index contributed by atoms with van der Waals surface area (Å²) in [4.78, 5) is 0.925. The number of halogens is 3. The van der Waals surface area contributed by atoms with Crippen LogP contribution in [-0.4, -0.2) is 0 Å². The number of nitrogens with zero attached hydrogens (tertiary/aromatic N) is 1. The molecule has 0 aliphatic heterocycles. The highest BCUT2D eigenvalue weighted by Crippen LogP contribution is 2.46. The molecule has 0 aliphatic carbocycles. The number of pyridine rings is 1. The van der Waals surface area contributed by atoms with E-state index in [0.717, 1.165) is 16.7 Å². The summed E-state index contributed by atoms with van der Waals surface area (Å²) in [6, 6.07) is 15.3. The zero-order valence-electron chi connectivity index (χ0n) is 14.8. The molecule has 6 heteroatoms. The molecule has 0 aliphatic rings. The summed E-state index contributed by atoms with van der Waals surface area (Å²) in [6.07, 6.45) is -1.90. The topological polar surface area (TPSA) is 26.9 Å². The molecular weight excluding hydrogens is 371 g/mol. The van der Waals surface area contributed by atoms with Crippen LogP contribution in [0.3, 0.4) is 0 Å². The third-order valence-corrected chi connectivity index (χ3v) is 5.22. The third-order valence-electron chi connectivity index (χ3n) is 4.15. The van der Waals surface area contributed by atoms with Crippen LogP contribution >= 0.6 is 11.8 Å². The van der Waals surface area contributed by atoms with E-state index in [1.54, 1.807) is 56.3 Å². The largest absolute Gasteiger partial charge is 0.619 e. The number of aromatic nitrogens is 1. The Morgan fingerprint density at radius 2 is 1.56 bits per heavy atom. The second-order valence-electron chi connectivity index (χ2n) is 6.41. The maximum absolute atomic E-state index is 14.1. The fraction of sp³-hybridized carbons (Fsp3) is 0.190. The second-order valence-corrected chi connectivity index (χ2v) is 7.53. The fourth-order valence-electron chi connectivity index (χ4n) is 3.04. The lowest BCUT2D eigenvalue weighted by Gasteiger charge is -2.23. The first-order valence-electron chi connectivity index (χ1n) is 8.43. The van der Waals surface area contributed by atoms with Crippen LogP contribution in [0.1, 0.15) is 30.9 Å². The van der Waals surface area contributed by atoms with Crippen molar-refractivity contribution >= 4 is 11.8 Å². The Balaban J connectivity index is 2.22. The van der Waals surface area contributed by atoms with Crippen LogP contribution in [0.15, 0.2) is 76.8 Å². The number of benzene rings is 2. The van der Waals surface area contributed by atoms with Gasteiger partial charge in [-0.25, -0.2) is 0 Å². The van der Waals surface area contributed by atoms with E-state index in [2.05, 4.69) is 0 Å². The number of hydrogen-bond donors (Lipinski definition) is 0. The Bertz CT molecular complexity index is 923. The van der Waals surface area contributed by atoms with Crippen LogP contribution < -0.4 is 4.73 Å². The number of hydrogen-bond acceptors (Lipinski definition) is 2. The third kappa shape index (κ3) is 4.27.